The molecule has 1 saturated carbocycles. The van der Waals surface area contributed by atoms with Crippen molar-refractivity contribution in [2.24, 2.45) is 11.8 Å². The predicted octanol–water partition coefficient (Wildman–Crippen LogP) is 4.55. The number of carbonyl (C=O) groups is 1. The molecule has 9 heteroatoms. The van der Waals surface area contributed by atoms with Crippen LogP contribution in [-0.2, 0) is 20.8 Å². The predicted molar refractivity (Wildman–Crippen MR) is 144 cm³/mol. The van der Waals surface area contributed by atoms with Crippen LogP contribution >= 0.6 is 0 Å². The number of hydrogen-bond donors (Lipinski definition) is 3. The van der Waals surface area contributed by atoms with Crippen LogP contribution in [0.25, 0.3) is 0 Å². The van der Waals surface area contributed by atoms with E-state index in [1.807, 2.05) is 30.4 Å². The summed E-state index contributed by atoms with van der Waals surface area (Å²) in [4.78, 5) is 26.1. The van der Waals surface area contributed by atoms with E-state index < -0.39 is 23.4 Å². The highest BCUT2D eigenvalue weighted by Crippen LogP contribution is 2.38. The molecule has 2 rings (SSSR count). The maximum Gasteiger partial charge on any atom is 0.305 e. The van der Waals surface area contributed by atoms with Gasteiger partial charge < -0.3 is 24.9 Å². The van der Waals surface area contributed by atoms with Crippen LogP contribution in [0.5, 0.6) is 0 Å². The number of unbranched alkanes of at least 4 members (excludes halogenated alkanes) is 4. The zero-order valence-electron chi connectivity index (χ0n) is 22.4. The maximum absolute atomic E-state index is 11.8. The molecule has 0 radical (unpaired) electrons. The molecular formula is C29H45NO8. The molecule has 0 aliphatic heterocycles. The first-order valence-corrected chi connectivity index (χ1v) is 14.0. The molecule has 0 spiro atoms. The average Bonchev–Trinajstić information content (AvgIpc) is 3.17. The van der Waals surface area contributed by atoms with Gasteiger partial charge in [-0.2, -0.15) is 0 Å². The molecule has 1 aromatic rings. The lowest BCUT2D eigenvalue weighted by molar-refractivity contribution is -0.757. The van der Waals surface area contributed by atoms with E-state index in [0.29, 0.717) is 58.0 Å². The molecule has 1 aliphatic rings. The van der Waals surface area contributed by atoms with Crippen LogP contribution in [0.15, 0.2) is 42.5 Å². The Labute approximate surface area is 226 Å². The number of benzene rings is 1. The summed E-state index contributed by atoms with van der Waals surface area (Å²) in [5.74, 6) is -0.287. The van der Waals surface area contributed by atoms with Crippen molar-refractivity contribution >= 4 is 5.97 Å². The summed E-state index contributed by atoms with van der Waals surface area (Å²) in [5, 5.41) is 40.6. The Morgan fingerprint density at radius 3 is 2.45 bits per heavy atom. The summed E-state index contributed by atoms with van der Waals surface area (Å²) >= 11 is 0. The number of ether oxygens (including phenoxy) is 1. The number of hydrogen-bond acceptors (Lipinski definition) is 8. The molecular weight excluding hydrogens is 490 g/mol. The maximum atomic E-state index is 11.8. The topological polar surface area (TPSA) is 139 Å². The Balaban J connectivity index is 1.55. The van der Waals surface area contributed by atoms with Crippen LogP contribution in [0.3, 0.4) is 0 Å². The highest BCUT2D eigenvalue weighted by Gasteiger charge is 2.40. The van der Waals surface area contributed by atoms with Crippen molar-refractivity contribution in [3.8, 4) is 0 Å². The number of aryl methyl sites for hydroxylation is 1. The molecule has 1 aromatic carbocycles. The van der Waals surface area contributed by atoms with E-state index in [0.717, 1.165) is 32.1 Å². The molecule has 5 atom stereocenters. The lowest BCUT2D eigenvalue weighted by atomic mass is 9.85. The first kappa shape index (κ1) is 31.7. The fourth-order valence-electron chi connectivity index (χ4n) is 5.10. The van der Waals surface area contributed by atoms with Gasteiger partial charge in [-0.3, -0.25) is 4.79 Å². The van der Waals surface area contributed by atoms with Crippen molar-refractivity contribution < 1.29 is 34.8 Å². The van der Waals surface area contributed by atoms with Crippen molar-refractivity contribution in [1.29, 1.82) is 0 Å². The Morgan fingerprint density at radius 1 is 1.00 bits per heavy atom. The second kappa shape index (κ2) is 18.7. The van der Waals surface area contributed by atoms with E-state index in [2.05, 4.69) is 17.0 Å². The summed E-state index contributed by atoms with van der Waals surface area (Å²) in [6.07, 6.45) is 11.1. The molecule has 1 aliphatic carbocycles. The summed E-state index contributed by atoms with van der Waals surface area (Å²) < 4.78 is 5.22. The largest absolute Gasteiger partial charge is 0.466 e. The van der Waals surface area contributed by atoms with Gasteiger partial charge in [0.25, 0.3) is 5.09 Å². The van der Waals surface area contributed by atoms with E-state index in [4.69, 9.17) is 4.74 Å². The van der Waals surface area contributed by atoms with Crippen molar-refractivity contribution in [2.75, 3.05) is 13.2 Å². The summed E-state index contributed by atoms with van der Waals surface area (Å²) in [6.45, 7) is 0.453. The van der Waals surface area contributed by atoms with Crippen LogP contribution < -0.4 is 0 Å². The number of rotatable bonds is 20. The van der Waals surface area contributed by atoms with Crippen molar-refractivity contribution in [2.45, 2.75) is 102 Å². The van der Waals surface area contributed by atoms with Gasteiger partial charge in [0.05, 0.1) is 31.5 Å². The Morgan fingerprint density at radius 2 is 1.71 bits per heavy atom. The number of esters is 1. The minimum absolute atomic E-state index is 0.0290. The van der Waals surface area contributed by atoms with Crippen LogP contribution in [0.4, 0.5) is 0 Å². The van der Waals surface area contributed by atoms with Gasteiger partial charge in [-0.05, 0) is 88.0 Å². The minimum atomic E-state index is -0.793. The molecule has 0 amide bonds. The number of carbonyl (C=O) groups excluding carboxylic acids is 1. The van der Waals surface area contributed by atoms with Gasteiger partial charge in [0.2, 0.25) is 0 Å². The number of aliphatic hydroxyl groups excluding tert-OH is 3. The Hall–Kier alpha value is -2.49. The third-order valence-corrected chi connectivity index (χ3v) is 7.29. The first-order valence-electron chi connectivity index (χ1n) is 14.0. The zero-order chi connectivity index (χ0) is 27.6. The molecule has 0 aromatic heterocycles. The van der Waals surface area contributed by atoms with E-state index in [1.54, 1.807) is 0 Å². The summed E-state index contributed by atoms with van der Waals surface area (Å²) in [5.41, 5.74) is 1.20. The quantitative estimate of drug-likeness (QED) is 0.0727. The summed E-state index contributed by atoms with van der Waals surface area (Å²) in [6, 6.07) is 10.1. The smallest absolute Gasteiger partial charge is 0.305 e. The second-order valence-electron chi connectivity index (χ2n) is 10.2. The van der Waals surface area contributed by atoms with E-state index in [1.165, 1.54) is 5.56 Å². The third kappa shape index (κ3) is 13.3. The molecule has 214 valence electrons. The van der Waals surface area contributed by atoms with Gasteiger partial charge in [-0.15, -0.1) is 10.1 Å². The molecule has 0 heterocycles. The van der Waals surface area contributed by atoms with Gasteiger partial charge >= 0.3 is 5.97 Å². The van der Waals surface area contributed by atoms with Crippen LogP contribution in [0.1, 0.15) is 82.6 Å². The van der Waals surface area contributed by atoms with Crippen molar-refractivity contribution in [1.82, 2.24) is 0 Å². The van der Waals surface area contributed by atoms with Gasteiger partial charge in [0.15, 0.2) is 0 Å². The van der Waals surface area contributed by atoms with Crippen LogP contribution in [0.2, 0.25) is 0 Å². The second-order valence-corrected chi connectivity index (χ2v) is 10.2. The van der Waals surface area contributed by atoms with Crippen LogP contribution in [0, 0.1) is 22.0 Å². The van der Waals surface area contributed by atoms with Gasteiger partial charge in [0, 0.05) is 6.42 Å². The fraction of sp³-hybridized carbons (Fsp3) is 0.690. The molecule has 0 unspecified atom stereocenters. The fourth-order valence-corrected chi connectivity index (χ4v) is 5.10. The van der Waals surface area contributed by atoms with E-state index in [9.17, 15) is 30.2 Å². The van der Waals surface area contributed by atoms with Crippen molar-refractivity contribution in [3.05, 3.63) is 58.2 Å². The SMILES string of the molecule is O=C(CCC/C=C\C[C@@H]1[C@@H](CC[C@@H](O)CCc2ccccc2)[C@H](O)C[C@@H]1O)OCCCCCCO[N+](=O)[O-]. The molecule has 9 nitrogen and oxygen atoms in total. The first-order chi connectivity index (χ1) is 18.4. The van der Waals surface area contributed by atoms with Gasteiger partial charge in [-0.1, -0.05) is 48.9 Å². The standard InChI is InChI=1S/C29H45NO8/c31-24(17-16-23-12-6-5-7-13-23)18-19-26-25(27(32)22-28(26)33)14-8-1-2-9-15-29(34)37-20-10-3-4-11-21-38-30(35)36/h1,5-8,12-13,24-28,31-33H,2-4,9-11,14-22H2/b8-1-/t24-,25+,26+,27-,28+/m0/s1. The van der Waals surface area contributed by atoms with E-state index >= 15 is 0 Å². The normalized spacial score (nSPS) is 22.0. The lowest BCUT2D eigenvalue weighted by Gasteiger charge is -2.23. The van der Waals surface area contributed by atoms with Gasteiger partial charge in [-0.25, -0.2) is 0 Å². The lowest BCUT2D eigenvalue weighted by Crippen LogP contribution is -2.23. The molecule has 1 fully saturated rings. The van der Waals surface area contributed by atoms with Crippen molar-refractivity contribution in [3.63, 3.8) is 0 Å². The Bertz CT molecular complexity index is 818. The molecule has 0 bridgehead atoms. The molecule has 3 N–H and O–H groups in total. The summed E-state index contributed by atoms with van der Waals surface area (Å²) in [7, 11) is 0. The molecule has 0 saturated heterocycles. The third-order valence-electron chi connectivity index (χ3n) is 7.29. The van der Waals surface area contributed by atoms with Crippen LogP contribution in [-0.4, -0.2) is 57.9 Å². The highest BCUT2D eigenvalue weighted by molar-refractivity contribution is 5.69. The number of nitrogens with zero attached hydrogens (tertiary/aromatic N) is 1. The highest BCUT2D eigenvalue weighted by atomic mass is 16.9. The minimum Gasteiger partial charge on any atom is -0.466 e. The van der Waals surface area contributed by atoms with E-state index in [-0.39, 0.29) is 24.4 Å². The average molecular weight is 536 g/mol. The number of aliphatic hydroxyl groups is 3. The number of allylic oxidation sites excluding steroid dienone is 2. The van der Waals surface area contributed by atoms with Gasteiger partial charge in [0.1, 0.15) is 0 Å². The Kier molecular flexibility index (Phi) is 15.6. The zero-order valence-corrected chi connectivity index (χ0v) is 22.4. The monoisotopic (exact) mass is 535 g/mol. The molecule has 38 heavy (non-hydrogen) atoms.